The van der Waals surface area contributed by atoms with Crippen molar-refractivity contribution in [2.75, 3.05) is 26.1 Å². The summed E-state index contributed by atoms with van der Waals surface area (Å²) in [6, 6.07) is 16.9. The largest absolute Gasteiger partial charge is 0.468 e. The molecule has 0 saturated heterocycles. The number of fused-ring (bicyclic) bond motifs is 1. The lowest BCUT2D eigenvalue weighted by molar-refractivity contribution is -0.143. The molecule has 4 aromatic rings. The lowest BCUT2D eigenvalue weighted by atomic mass is 10.0. The molecule has 0 amide bonds. The normalized spacial score (nSPS) is 11.9. The van der Waals surface area contributed by atoms with Gasteiger partial charge in [0.05, 0.1) is 23.7 Å². The molecule has 0 aliphatic carbocycles. The van der Waals surface area contributed by atoms with Crippen molar-refractivity contribution in [1.82, 2.24) is 14.5 Å². The van der Waals surface area contributed by atoms with Gasteiger partial charge in [-0.25, -0.2) is 9.36 Å². The number of methoxy groups -OCH3 is 1. The van der Waals surface area contributed by atoms with Gasteiger partial charge in [-0.15, -0.1) is 0 Å². The van der Waals surface area contributed by atoms with Crippen LogP contribution in [0.4, 0.5) is 5.69 Å². The Balaban J connectivity index is 1.63. The summed E-state index contributed by atoms with van der Waals surface area (Å²) in [5.74, 6) is -0.437. The molecule has 4 rings (SSSR count). The Morgan fingerprint density at radius 2 is 1.68 bits per heavy atom. The van der Waals surface area contributed by atoms with Gasteiger partial charge in [-0.05, 0) is 54.4 Å². The van der Waals surface area contributed by atoms with Crippen LogP contribution in [-0.2, 0) is 29.5 Å². The molecular weight excluding hydrogens is 527 g/mol. The van der Waals surface area contributed by atoms with E-state index in [-0.39, 0.29) is 6.54 Å². The molecule has 0 aliphatic heterocycles. The molecule has 0 aliphatic rings. The summed E-state index contributed by atoms with van der Waals surface area (Å²) in [7, 11) is 6.74. The van der Waals surface area contributed by atoms with E-state index in [0.29, 0.717) is 38.6 Å². The number of aryl methyl sites for hydroxylation is 1. The molecule has 0 saturated carbocycles. The molecule has 8 nitrogen and oxygen atoms in total. The second-order valence-electron chi connectivity index (χ2n) is 9.11. The van der Waals surface area contributed by atoms with Crippen molar-refractivity contribution >= 4 is 45.8 Å². The fourth-order valence-corrected chi connectivity index (χ4v) is 4.81. The van der Waals surface area contributed by atoms with Crippen LogP contribution in [0.1, 0.15) is 11.1 Å². The van der Waals surface area contributed by atoms with E-state index in [0.717, 1.165) is 15.8 Å². The molecule has 10 heteroatoms. The smallest absolute Gasteiger partial charge is 0.335 e. The van der Waals surface area contributed by atoms with Crippen LogP contribution in [0, 0.1) is 0 Å². The summed E-state index contributed by atoms with van der Waals surface area (Å²) in [5.41, 5.74) is 2.50. The van der Waals surface area contributed by atoms with Crippen LogP contribution in [0.15, 0.2) is 70.3 Å². The summed E-state index contributed by atoms with van der Waals surface area (Å²) >= 11 is 12.5. The predicted molar refractivity (Wildman–Crippen MR) is 152 cm³/mol. The van der Waals surface area contributed by atoms with E-state index < -0.39 is 23.3 Å². The standard InChI is InChI=1S/C28H28Cl2N4O4/c1-32(2)19-12-13-25-20(15-19)26(35)34(28(37)33(25)3)18-10-8-17(9-11-18)14-24(27(36)38-4)31-16-21-22(29)6-5-7-23(21)30/h5-13,15,24,31H,14,16H2,1-4H3/t24-/m0/s1. The number of hydrogen-bond acceptors (Lipinski definition) is 6. The topological polar surface area (TPSA) is 85.6 Å². The first-order valence-electron chi connectivity index (χ1n) is 11.9. The zero-order chi connectivity index (χ0) is 27.6. The quantitative estimate of drug-likeness (QED) is 0.332. The van der Waals surface area contributed by atoms with E-state index in [1.54, 1.807) is 61.6 Å². The van der Waals surface area contributed by atoms with Gasteiger partial charge in [-0.1, -0.05) is 41.4 Å². The number of nitrogens with zero attached hydrogens (tertiary/aromatic N) is 3. The minimum absolute atomic E-state index is 0.272. The van der Waals surface area contributed by atoms with E-state index >= 15 is 0 Å². The number of anilines is 1. The lowest BCUT2D eigenvalue weighted by Crippen LogP contribution is -2.39. The summed E-state index contributed by atoms with van der Waals surface area (Å²) in [4.78, 5) is 40.9. The highest BCUT2D eigenvalue weighted by atomic mass is 35.5. The van der Waals surface area contributed by atoms with Crippen LogP contribution in [0.2, 0.25) is 10.0 Å². The third-order valence-electron chi connectivity index (χ3n) is 6.48. The van der Waals surface area contributed by atoms with Crippen LogP contribution < -0.4 is 21.5 Å². The van der Waals surface area contributed by atoms with Gasteiger partial charge in [0.1, 0.15) is 6.04 Å². The molecule has 38 heavy (non-hydrogen) atoms. The van der Waals surface area contributed by atoms with Crippen LogP contribution in [-0.4, -0.2) is 42.4 Å². The fraction of sp³-hybridized carbons (Fsp3) is 0.250. The van der Waals surface area contributed by atoms with Crippen molar-refractivity contribution in [3.8, 4) is 5.69 Å². The first-order valence-corrected chi connectivity index (χ1v) is 12.6. The predicted octanol–water partition coefficient (Wildman–Crippen LogP) is 3.94. The number of esters is 1. The maximum Gasteiger partial charge on any atom is 0.335 e. The highest BCUT2D eigenvalue weighted by Gasteiger charge is 2.21. The van der Waals surface area contributed by atoms with Gasteiger partial charge < -0.3 is 9.64 Å². The van der Waals surface area contributed by atoms with Crippen molar-refractivity contribution < 1.29 is 9.53 Å². The van der Waals surface area contributed by atoms with E-state index in [9.17, 15) is 14.4 Å². The Morgan fingerprint density at radius 3 is 2.29 bits per heavy atom. The molecule has 1 atom stereocenters. The van der Waals surface area contributed by atoms with Crippen LogP contribution in [0.25, 0.3) is 16.6 Å². The molecule has 1 aromatic heterocycles. The number of ether oxygens (including phenoxy) is 1. The number of hydrogen-bond donors (Lipinski definition) is 1. The Bertz CT molecular complexity index is 1590. The van der Waals surface area contributed by atoms with E-state index in [1.165, 1.54) is 11.7 Å². The zero-order valence-corrected chi connectivity index (χ0v) is 23.0. The third-order valence-corrected chi connectivity index (χ3v) is 7.18. The number of carbonyl (C=O) groups excluding carboxylic acids is 1. The number of benzene rings is 3. The number of halogens is 2. The molecule has 1 N–H and O–H groups in total. The second-order valence-corrected chi connectivity index (χ2v) is 9.92. The minimum atomic E-state index is -0.668. The second kappa shape index (κ2) is 11.4. The molecule has 1 heterocycles. The lowest BCUT2D eigenvalue weighted by Gasteiger charge is -2.18. The van der Waals surface area contributed by atoms with Gasteiger partial charge in [0.2, 0.25) is 0 Å². The Hall–Kier alpha value is -3.59. The Morgan fingerprint density at radius 1 is 1.03 bits per heavy atom. The minimum Gasteiger partial charge on any atom is -0.468 e. The van der Waals surface area contributed by atoms with E-state index in [2.05, 4.69) is 5.32 Å². The first kappa shape index (κ1) is 27.4. The molecule has 0 bridgehead atoms. The van der Waals surface area contributed by atoms with Crippen LogP contribution in [0.5, 0.6) is 0 Å². The van der Waals surface area contributed by atoms with Crippen molar-refractivity contribution in [2.45, 2.75) is 19.0 Å². The average molecular weight is 555 g/mol. The molecule has 0 fully saturated rings. The highest BCUT2D eigenvalue weighted by Crippen LogP contribution is 2.24. The van der Waals surface area contributed by atoms with E-state index in [4.69, 9.17) is 27.9 Å². The van der Waals surface area contributed by atoms with Crippen molar-refractivity contribution in [3.05, 3.63) is 103 Å². The molecule has 0 radical (unpaired) electrons. The highest BCUT2D eigenvalue weighted by molar-refractivity contribution is 6.35. The summed E-state index contributed by atoms with van der Waals surface area (Å²) in [5, 5.41) is 4.60. The molecule has 0 spiro atoms. The van der Waals surface area contributed by atoms with Crippen LogP contribution in [0.3, 0.4) is 0 Å². The monoisotopic (exact) mass is 554 g/mol. The average Bonchev–Trinajstić information content (AvgIpc) is 2.91. The number of nitrogens with one attached hydrogen (secondary N) is 1. The number of carbonyl (C=O) groups is 1. The zero-order valence-electron chi connectivity index (χ0n) is 21.5. The van der Waals surface area contributed by atoms with Gasteiger partial charge in [-0.3, -0.25) is 19.5 Å². The fourth-order valence-electron chi connectivity index (χ4n) is 4.28. The van der Waals surface area contributed by atoms with Crippen molar-refractivity contribution in [2.24, 2.45) is 7.05 Å². The van der Waals surface area contributed by atoms with Gasteiger partial charge >= 0.3 is 11.7 Å². The number of aromatic nitrogens is 2. The van der Waals surface area contributed by atoms with Gasteiger partial charge in [0, 0.05) is 49.0 Å². The summed E-state index contributed by atoms with van der Waals surface area (Å²) < 4.78 is 7.59. The molecule has 0 unspecified atom stereocenters. The molecular formula is C28H28Cl2N4O4. The van der Waals surface area contributed by atoms with Crippen molar-refractivity contribution in [3.63, 3.8) is 0 Å². The summed E-state index contributed by atoms with van der Waals surface area (Å²) in [6.45, 7) is 0.272. The molecule has 198 valence electrons. The van der Waals surface area contributed by atoms with Crippen molar-refractivity contribution in [1.29, 1.82) is 0 Å². The Labute approximate surface area is 230 Å². The van der Waals surface area contributed by atoms with Crippen LogP contribution >= 0.6 is 23.2 Å². The maximum absolute atomic E-state index is 13.4. The van der Waals surface area contributed by atoms with E-state index in [1.807, 2.05) is 25.1 Å². The SMILES string of the molecule is COC(=O)[C@H](Cc1ccc(-n2c(=O)c3cc(N(C)C)ccc3n(C)c2=O)cc1)NCc1c(Cl)cccc1Cl. The third kappa shape index (κ3) is 5.48. The molecule has 3 aromatic carbocycles. The van der Waals surface area contributed by atoms with Gasteiger partial charge in [0.15, 0.2) is 0 Å². The maximum atomic E-state index is 13.4. The van der Waals surface area contributed by atoms with Gasteiger partial charge in [-0.2, -0.15) is 0 Å². The Kier molecular flexibility index (Phi) is 8.26. The first-order chi connectivity index (χ1) is 18.1. The van der Waals surface area contributed by atoms with Gasteiger partial charge in [0.25, 0.3) is 5.56 Å². The number of rotatable bonds is 8. The summed E-state index contributed by atoms with van der Waals surface area (Å²) in [6.07, 6.45) is 0.311.